The molecule has 102 valence electrons. The molecule has 2 rings (SSSR count). The maximum atomic E-state index is 11.9. The van der Waals surface area contributed by atoms with Gasteiger partial charge in [-0.3, -0.25) is 14.6 Å². The van der Waals surface area contributed by atoms with Gasteiger partial charge in [-0.05, 0) is 29.8 Å². The van der Waals surface area contributed by atoms with Crippen molar-refractivity contribution in [3.05, 3.63) is 59.9 Å². The van der Waals surface area contributed by atoms with Crippen LogP contribution >= 0.6 is 0 Å². The van der Waals surface area contributed by atoms with Gasteiger partial charge in [0.2, 0.25) is 5.91 Å². The van der Waals surface area contributed by atoms with Gasteiger partial charge in [0.25, 0.3) is 5.91 Å². The molecule has 2 amide bonds. The van der Waals surface area contributed by atoms with Gasteiger partial charge in [-0.15, -0.1) is 0 Å². The Morgan fingerprint density at radius 3 is 2.30 bits per heavy atom. The van der Waals surface area contributed by atoms with Crippen LogP contribution in [-0.2, 0) is 11.2 Å². The highest BCUT2D eigenvalue weighted by molar-refractivity contribution is 6.04. The van der Waals surface area contributed by atoms with E-state index in [2.05, 4.69) is 15.6 Å². The predicted molar refractivity (Wildman–Crippen MR) is 76.4 cm³/mol. The zero-order valence-electron chi connectivity index (χ0n) is 11.1. The van der Waals surface area contributed by atoms with E-state index in [1.165, 1.54) is 0 Å². The zero-order chi connectivity index (χ0) is 14.4. The van der Waals surface area contributed by atoms with Gasteiger partial charge in [0, 0.05) is 30.7 Å². The van der Waals surface area contributed by atoms with Gasteiger partial charge in [0.05, 0.1) is 6.42 Å². The van der Waals surface area contributed by atoms with Crippen LogP contribution in [-0.4, -0.2) is 23.8 Å². The number of anilines is 1. The first-order valence-corrected chi connectivity index (χ1v) is 6.20. The molecule has 0 aliphatic heterocycles. The smallest absolute Gasteiger partial charge is 0.255 e. The average molecular weight is 269 g/mol. The number of carbonyl (C=O) groups excluding carboxylic acids is 2. The van der Waals surface area contributed by atoms with Crippen LogP contribution in [0.5, 0.6) is 0 Å². The van der Waals surface area contributed by atoms with Gasteiger partial charge in [-0.25, -0.2) is 0 Å². The number of benzene rings is 1. The Hall–Kier alpha value is -2.69. The van der Waals surface area contributed by atoms with Gasteiger partial charge >= 0.3 is 0 Å². The quantitative estimate of drug-likeness (QED) is 0.886. The molecule has 1 aromatic carbocycles. The van der Waals surface area contributed by atoms with Crippen LogP contribution in [0.25, 0.3) is 0 Å². The first-order chi connectivity index (χ1) is 9.69. The molecule has 1 aromatic heterocycles. The van der Waals surface area contributed by atoms with E-state index in [0.717, 1.165) is 5.56 Å². The van der Waals surface area contributed by atoms with E-state index in [1.807, 2.05) is 12.1 Å². The molecule has 0 saturated carbocycles. The summed E-state index contributed by atoms with van der Waals surface area (Å²) < 4.78 is 0. The molecule has 0 fully saturated rings. The van der Waals surface area contributed by atoms with Crippen LogP contribution in [0.3, 0.4) is 0 Å². The number of hydrogen-bond acceptors (Lipinski definition) is 3. The van der Waals surface area contributed by atoms with Gasteiger partial charge in [-0.1, -0.05) is 12.1 Å². The Kier molecular flexibility index (Phi) is 4.44. The summed E-state index contributed by atoms with van der Waals surface area (Å²) in [6.07, 6.45) is 3.47. The second-order valence-corrected chi connectivity index (χ2v) is 4.24. The molecule has 1 heterocycles. The van der Waals surface area contributed by atoms with Crippen molar-refractivity contribution in [2.45, 2.75) is 6.42 Å². The second kappa shape index (κ2) is 6.47. The number of hydrogen-bond donors (Lipinski definition) is 2. The number of pyridine rings is 1. The molecule has 0 radical (unpaired) electrons. The molecule has 0 aliphatic carbocycles. The van der Waals surface area contributed by atoms with Crippen molar-refractivity contribution >= 4 is 17.5 Å². The number of nitrogens with zero attached hydrogens (tertiary/aromatic N) is 1. The van der Waals surface area contributed by atoms with Crippen molar-refractivity contribution < 1.29 is 9.59 Å². The Balaban J connectivity index is 2.00. The molecular formula is C15H15N3O2. The van der Waals surface area contributed by atoms with Crippen molar-refractivity contribution in [1.82, 2.24) is 10.3 Å². The van der Waals surface area contributed by atoms with Gasteiger partial charge < -0.3 is 10.6 Å². The van der Waals surface area contributed by atoms with E-state index < -0.39 is 0 Å². The van der Waals surface area contributed by atoms with Crippen molar-refractivity contribution in [1.29, 1.82) is 0 Å². The lowest BCUT2D eigenvalue weighted by Crippen LogP contribution is -2.19. The van der Waals surface area contributed by atoms with E-state index in [4.69, 9.17) is 0 Å². The molecule has 5 nitrogen and oxygen atoms in total. The third-order valence-electron chi connectivity index (χ3n) is 2.80. The fourth-order valence-corrected chi connectivity index (χ4v) is 1.69. The standard InChI is InChI=1S/C15H15N3O2/c1-16-14(19)10-11-2-4-13(5-3-11)18-15(20)12-6-8-17-9-7-12/h2-9H,10H2,1H3,(H,16,19)(H,18,20). The lowest BCUT2D eigenvalue weighted by molar-refractivity contribution is -0.119. The Morgan fingerprint density at radius 1 is 1.05 bits per heavy atom. The largest absolute Gasteiger partial charge is 0.359 e. The van der Waals surface area contributed by atoms with E-state index in [1.54, 1.807) is 43.7 Å². The first-order valence-electron chi connectivity index (χ1n) is 6.20. The maximum absolute atomic E-state index is 11.9. The summed E-state index contributed by atoms with van der Waals surface area (Å²) in [5.74, 6) is -0.231. The number of rotatable bonds is 4. The number of nitrogens with one attached hydrogen (secondary N) is 2. The molecule has 20 heavy (non-hydrogen) atoms. The molecule has 0 aliphatic rings. The molecule has 0 unspecified atom stereocenters. The zero-order valence-corrected chi connectivity index (χ0v) is 11.1. The van der Waals surface area contributed by atoms with Crippen LogP contribution in [0.15, 0.2) is 48.8 Å². The van der Waals surface area contributed by atoms with E-state index in [9.17, 15) is 9.59 Å². The molecule has 5 heteroatoms. The van der Waals surface area contributed by atoms with Crippen molar-refractivity contribution in [2.75, 3.05) is 12.4 Å². The van der Waals surface area contributed by atoms with Gasteiger partial charge in [-0.2, -0.15) is 0 Å². The fraction of sp³-hybridized carbons (Fsp3) is 0.133. The van der Waals surface area contributed by atoms with Gasteiger partial charge in [0.1, 0.15) is 0 Å². The summed E-state index contributed by atoms with van der Waals surface area (Å²) in [6, 6.07) is 10.5. The second-order valence-electron chi connectivity index (χ2n) is 4.24. The van der Waals surface area contributed by atoms with Crippen LogP contribution in [0.1, 0.15) is 15.9 Å². The van der Waals surface area contributed by atoms with E-state index in [-0.39, 0.29) is 11.8 Å². The summed E-state index contributed by atoms with van der Waals surface area (Å²) >= 11 is 0. The van der Waals surface area contributed by atoms with E-state index >= 15 is 0 Å². The van der Waals surface area contributed by atoms with Crippen LogP contribution < -0.4 is 10.6 Å². The van der Waals surface area contributed by atoms with Gasteiger partial charge in [0.15, 0.2) is 0 Å². The van der Waals surface area contributed by atoms with Crippen molar-refractivity contribution in [2.24, 2.45) is 0 Å². The molecule has 0 saturated heterocycles. The number of amides is 2. The molecular weight excluding hydrogens is 254 g/mol. The summed E-state index contributed by atoms with van der Waals surface area (Å²) in [5.41, 5.74) is 2.13. The highest BCUT2D eigenvalue weighted by Crippen LogP contribution is 2.11. The van der Waals surface area contributed by atoms with Crippen LogP contribution in [0.2, 0.25) is 0 Å². The first kappa shape index (κ1) is 13.7. The maximum Gasteiger partial charge on any atom is 0.255 e. The van der Waals surface area contributed by atoms with Crippen molar-refractivity contribution in [3.8, 4) is 0 Å². The molecule has 0 atom stereocenters. The third kappa shape index (κ3) is 3.65. The lowest BCUT2D eigenvalue weighted by atomic mass is 10.1. The normalized spacial score (nSPS) is 9.85. The highest BCUT2D eigenvalue weighted by atomic mass is 16.2. The van der Waals surface area contributed by atoms with Crippen LogP contribution in [0.4, 0.5) is 5.69 Å². The average Bonchev–Trinajstić information content (AvgIpc) is 2.50. The minimum atomic E-state index is -0.188. The fourth-order valence-electron chi connectivity index (χ4n) is 1.69. The number of aromatic nitrogens is 1. The summed E-state index contributed by atoms with van der Waals surface area (Å²) in [5, 5.41) is 5.35. The molecule has 0 bridgehead atoms. The lowest BCUT2D eigenvalue weighted by Gasteiger charge is -2.06. The predicted octanol–water partition coefficient (Wildman–Crippen LogP) is 1.62. The molecule has 2 N–H and O–H groups in total. The summed E-state index contributed by atoms with van der Waals surface area (Å²) in [4.78, 5) is 27.0. The minimum absolute atomic E-state index is 0.0430. The molecule has 2 aromatic rings. The van der Waals surface area contributed by atoms with Crippen molar-refractivity contribution in [3.63, 3.8) is 0 Å². The highest BCUT2D eigenvalue weighted by Gasteiger charge is 2.06. The monoisotopic (exact) mass is 269 g/mol. The Bertz CT molecular complexity index is 594. The SMILES string of the molecule is CNC(=O)Cc1ccc(NC(=O)c2ccncc2)cc1. The third-order valence-corrected chi connectivity index (χ3v) is 2.80. The number of likely N-dealkylation sites (N-methyl/N-ethyl adjacent to an activating group) is 1. The number of carbonyl (C=O) groups is 2. The Labute approximate surface area is 117 Å². The summed E-state index contributed by atoms with van der Waals surface area (Å²) in [7, 11) is 1.60. The minimum Gasteiger partial charge on any atom is -0.359 e. The molecule has 0 spiro atoms. The van der Waals surface area contributed by atoms with Crippen LogP contribution in [0, 0.1) is 0 Å². The summed E-state index contributed by atoms with van der Waals surface area (Å²) in [6.45, 7) is 0. The Morgan fingerprint density at radius 2 is 1.70 bits per heavy atom. The topological polar surface area (TPSA) is 71.1 Å². The van der Waals surface area contributed by atoms with E-state index in [0.29, 0.717) is 17.7 Å².